The molecule has 2 atom stereocenters. The Morgan fingerprint density at radius 2 is 2.04 bits per heavy atom. The third kappa shape index (κ3) is 5.53. The predicted molar refractivity (Wildman–Crippen MR) is 97.7 cm³/mol. The molecule has 1 aromatic carbocycles. The van der Waals surface area contributed by atoms with Gasteiger partial charge in [-0.1, -0.05) is 17.7 Å². The molecule has 1 amide bonds. The third-order valence-electron chi connectivity index (χ3n) is 4.93. The van der Waals surface area contributed by atoms with Crippen molar-refractivity contribution < 1.29 is 14.6 Å². The van der Waals surface area contributed by atoms with Gasteiger partial charge in [-0.3, -0.25) is 9.69 Å². The number of benzene rings is 1. The largest absolute Gasteiger partial charge is 0.392 e. The molecule has 138 valence electrons. The van der Waals surface area contributed by atoms with Crippen molar-refractivity contribution >= 4 is 5.91 Å². The van der Waals surface area contributed by atoms with Gasteiger partial charge in [-0.25, -0.2) is 0 Å². The highest BCUT2D eigenvalue weighted by atomic mass is 16.5. The second-order valence-corrected chi connectivity index (χ2v) is 7.62. The molecule has 1 aliphatic carbocycles. The normalized spacial score (nSPS) is 22.6. The van der Waals surface area contributed by atoms with Gasteiger partial charge in [-0.2, -0.15) is 0 Å². The van der Waals surface area contributed by atoms with Gasteiger partial charge in [0, 0.05) is 38.3 Å². The van der Waals surface area contributed by atoms with Crippen LogP contribution in [0, 0.1) is 12.8 Å². The molecule has 0 aromatic heterocycles. The van der Waals surface area contributed by atoms with Gasteiger partial charge in [0.1, 0.15) is 0 Å². The molecule has 1 aliphatic heterocycles. The molecular formula is C20H30N2O3. The summed E-state index contributed by atoms with van der Waals surface area (Å²) >= 11 is 0. The molecule has 25 heavy (non-hydrogen) atoms. The van der Waals surface area contributed by atoms with E-state index in [2.05, 4.69) is 4.90 Å². The lowest BCUT2D eigenvalue weighted by molar-refractivity contribution is -0.0493. The van der Waals surface area contributed by atoms with E-state index in [9.17, 15) is 9.90 Å². The van der Waals surface area contributed by atoms with Crippen LogP contribution in [0.2, 0.25) is 0 Å². The average Bonchev–Trinajstić information content (AvgIpc) is 3.38. The molecule has 0 bridgehead atoms. The molecule has 0 spiro atoms. The third-order valence-corrected chi connectivity index (χ3v) is 4.93. The van der Waals surface area contributed by atoms with Gasteiger partial charge < -0.3 is 14.7 Å². The van der Waals surface area contributed by atoms with Crippen molar-refractivity contribution in [3.63, 3.8) is 0 Å². The van der Waals surface area contributed by atoms with Gasteiger partial charge in [0.05, 0.1) is 18.8 Å². The molecule has 2 aliphatic rings. The number of aliphatic hydroxyl groups is 1. The highest BCUT2D eigenvalue weighted by molar-refractivity contribution is 5.94. The van der Waals surface area contributed by atoms with Gasteiger partial charge in [0.2, 0.25) is 0 Å². The number of morpholine rings is 1. The summed E-state index contributed by atoms with van der Waals surface area (Å²) in [5.74, 6) is 0.745. The lowest BCUT2D eigenvalue weighted by Crippen LogP contribution is -2.50. The monoisotopic (exact) mass is 346 g/mol. The van der Waals surface area contributed by atoms with Crippen molar-refractivity contribution in [2.75, 3.05) is 39.3 Å². The number of β-amino-alcohol motifs (C(OH)–C–C–N with tert-alkyl or cyclic N) is 1. The molecular weight excluding hydrogens is 316 g/mol. The minimum Gasteiger partial charge on any atom is -0.392 e. The van der Waals surface area contributed by atoms with Crippen LogP contribution in [0.25, 0.3) is 0 Å². The zero-order valence-corrected chi connectivity index (χ0v) is 15.4. The van der Waals surface area contributed by atoms with E-state index in [-0.39, 0.29) is 18.1 Å². The number of hydrogen-bond donors (Lipinski definition) is 1. The van der Waals surface area contributed by atoms with Crippen LogP contribution in [0.1, 0.15) is 35.7 Å². The average molecular weight is 346 g/mol. The molecule has 1 aromatic rings. The predicted octanol–water partition coefficient (Wildman–Crippen LogP) is 1.93. The summed E-state index contributed by atoms with van der Waals surface area (Å²) in [7, 11) is 0. The van der Waals surface area contributed by atoms with Gasteiger partial charge in [0.15, 0.2) is 0 Å². The van der Waals surface area contributed by atoms with Crippen molar-refractivity contribution in [1.29, 1.82) is 0 Å². The van der Waals surface area contributed by atoms with Crippen LogP contribution >= 0.6 is 0 Å². The number of ether oxygens (including phenoxy) is 1. The number of carbonyl (C=O) groups excluding carboxylic acids is 1. The summed E-state index contributed by atoms with van der Waals surface area (Å²) in [6.07, 6.45) is 2.12. The van der Waals surface area contributed by atoms with Gasteiger partial charge in [0.25, 0.3) is 5.91 Å². The zero-order chi connectivity index (χ0) is 17.8. The fourth-order valence-corrected chi connectivity index (χ4v) is 3.41. The quantitative estimate of drug-likeness (QED) is 0.820. The SMILES string of the molecule is Cc1ccc(C(=O)N(CC2CC2)CC2CN(CC(C)O)CCO2)cc1. The first-order valence-electron chi connectivity index (χ1n) is 9.39. The minimum atomic E-state index is -0.337. The van der Waals surface area contributed by atoms with Crippen LogP contribution in [0.4, 0.5) is 0 Å². The second-order valence-electron chi connectivity index (χ2n) is 7.62. The summed E-state index contributed by atoms with van der Waals surface area (Å²) in [5.41, 5.74) is 1.91. The number of carbonyl (C=O) groups is 1. The topological polar surface area (TPSA) is 53.0 Å². The Balaban J connectivity index is 1.63. The molecule has 2 unspecified atom stereocenters. The molecule has 5 heteroatoms. The first-order chi connectivity index (χ1) is 12.0. The van der Waals surface area contributed by atoms with E-state index in [1.54, 1.807) is 0 Å². The van der Waals surface area contributed by atoms with Gasteiger partial charge in [-0.05, 0) is 44.7 Å². The van der Waals surface area contributed by atoms with Crippen LogP contribution in [0.5, 0.6) is 0 Å². The molecule has 5 nitrogen and oxygen atoms in total. The molecule has 1 N–H and O–H groups in total. The first kappa shape index (κ1) is 18.4. The van der Waals surface area contributed by atoms with E-state index in [1.807, 2.05) is 43.0 Å². The van der Waals surface area contributed by atoms with Gasteiger partial charge >= 0.3 is 0 Å². The second kappa shape index (κ2) is 8.30. The Bertz CT molecular complexity index is 569. The van der Waals surface area contributed by atoms with Crippen LogP contribution in [-0.4, -0.2) is 72.4 Å². The van der Waals surface area contributed by atoms with Crippen molar-refractivity contribution in [2.24, 2.45) is 5.92 Å². The van der Waals surface area contributed by atoms with E-state index in [0.29, 0.717) is 25.6 Å². The number of rotatable bonds is 7. The molecule has 2 fully saturated rings. The molecule has 1 heterocycles. The maximum Gasteiger partial charge on any atom is 0.253 e. The fourth-order valence-electron chi connectivity index (χ4n) is 3.41. The number of aryl methyl sites for hydroxylation is 1. The zero-order valence-electron chi connectivity index (χ0n) is 15.4. The Labute approximate surface area is 150 Å². The Morgan fingerprint density at radius 1 is 1.32 bits per heavy atom. The van der Waals surface area contributed by atoms with Crippen molar-refractivity contribution in [3.8, 4) is 0 Å². The number of amides is 1. The van der Waals surface area contributed by atoms with Crippen LogP contribution in [-0.2, 0) is 4.74 Å². The standard InChI is InChI=1S/C20H30N2O3/c1-15-3-7-18(8-4-15)20(24)22(12-17-5-6-17)14-19-13-21(9-10-25-19)11-16(2)23/h3-4,7-8,16-17,19,23H,5-6,9-14H2,1-2H3. The summed E-state index contributed by atoms with van der Waals surface area (Å²) in [4.78, 5) is 17.2. The number of nitrogens with zero attached hydrogens (tertiary/aromatic N) is 2. The Kier molecular flexibility index (Phi) is 6.10. The van der Waals surface area contributed by atoms with Crippen LogP contribution < -0.4 is 0 Å². The van der Waals surface area contributed by atoms with Crippen molar-refractivity contribution in [3.05, 3.63) is 35.4 Å². The van der Waals surface area contributed by atoms with E-state index in [4.69, 9.17) is 4.74 Å². The summed E-state index contributed by atoms with van der Waals surface area (Å²) < 4.78 is 5.91. The molecule has 3 rings (SSSR count). The highest BCUT2D eigenvalue weighted by Gasteiger charge is 2.30. The van der Waals surface area contributed by atoms with E-state index in [1.165, 1.54) is 12.8 Å². The van der Waals surface area contributed by atoms with Crippen molar-refractivity contribution in [2.45, 2.75) is 38.9 Å². The number of aliphatic hydroxyl groups excluding tert-OH is 1. The van der Waals surface area contributed by atoms with E-state index in [0.717, 1.165) is 30.8 Å². The van der Waals surface area contributed by atoms with Crippen LogP contribution in [0.15, 0.2) is 24.3 Å². The van der Waals surface area contributed by atoms with E-state index < -0.39 is 0 Å². The van der Waals surface area contributed by atoms with Gasteiger partial charge in [-0.15, -0.1) is 0 Å². The maximum absolute atomic E-state index is 13.0. The Morgan fingerprint density at radius 3 is 2.68 bits per heavy atom. The summed E-state index contributed by atoms with van der Waals surface area (Å²) in [5, 5.41) is 9.61. The van der Waals surface area contributed by atoms with E-state index >= 15 is 0 Å². The summed E-state index contributed by atoms with van der Waals surface area (Å²) in [6.45, 7) is 8.22. The lowest BCUT2D eigenvalue weighted by Gasteiger charge is -2.36. The summed E-state index contributed by atoms with van der Waals surface area (Å²) in [6, 6.07) is 7.81. The lowest BCUT2D eigenvalue weighted by atomic mass is 10.1. The molecule has 0 radical (unpaired) electrons. The smallest absolute Gasteiger partial charge is 0.253 e. The number of hydrogen-bond acceptors (Lipinski definition) is 4. The van der Waals surface area contributed by atoms with Crippen LogP contribution in [0.3, 0.4) is 0 Å². The molecule has 1 saturated heterocycles. The maximum atomic E-state index is 13.0. The first-order valence-corrected chi connectivity index (χ1v) is 9.39. The highest BCUT2D eigenvalue weighted by Crippen LogP contribution is 2.30. The fraction of sp³-hybridized carbons (Fsp3) is 0.650. The van der Waals surface area contributed by atoms with Crippen molar-refractivity contribution in [1.82, 2.24) is 9.80 Å². The minimum absolute atomic E-state index is 0.0145. The Hall–Kier alpha value is -1.43. The molecule has 1 saturated carbocycles.